The molecule has 3 aliphatic rings. The molecule has 1 aromatic heterocycles. The molecule has 1 spiro atoms. The molecule has 1 aromatic carbocycles. The second-order valence-corrected chi connectivity index (χ2v) is 11.4. The number of hydrogen-bond donors (Lipinski definition) is 2. The summed E-state index contributed by atoms with van der Waals surface area (Å²) in [5.41, 5.74) is 6.53. The minimum absolute atomic E-state index is 0.0293. The first-order chi connectivity index (χ1) is 18.2. The van der Waals surface area contributed by atoms with E-state index in [4.69, 9.17) is 5.73 Å². The quantitative estimate of drug-likeness (QED) is 0.556. The molecule has 2 aromatic rings. The molecular formula is C29H38N6O3. The number of amides is 4. The number of anilines is 1. The van der Waals surface area contributed by atoms with Crippen LogP contribution in [0.4, 0.5) is 10.6 Å². The van der Waals surface area contributed by atoms with E-state index in [1.165, 1.54) is 37.1 Å². The van der Waals surface area contributed by atoms with Crippen LogP contribution in [0.3, 0.4) is 0 Å². The number of hydrogen-bond acceptors (Lipinski definition) is 5. The highest BCUT2D eigenvalue weighted by molar-refractivity contribution is 5.95. The smallest absolute Gasteiger partial charge is 0.321 e. The number of rotatable bonds is 8. The third-order valence-electron chi connectivity index (χ3n) is 9.05. The van der Waals surface area contributed by atoms with Gasteiger partial charge in [-0.2, -0.15) is 0 Å². The maximum atomic E-state index is 13.7. The molecule has 0 unspecified atom stereocenters. The number of aromatic nitrogens is 1. The van der Waals surface area contributed by atoms with Gasteiger partial charge in [-0.25, -0.2) is 9.78 Å². The molecular weight excluding hydrogens is 480 g/mol. The topological polar surface area (TPSA) is 112 Å². The van der Waals surface area contributed by atoms with Crippen LogP contribution in [0.1, 0.15) is 60.9 Å². The predicted molar refractivity (Wildman–Crippen MR) is 145 cm³/mol. The fourth-order valence-electron chi connectivity index (χ4n) is 6.48. The molecule has 4 amide bonds. The molecule has 9 heteroatoms. The van der Waals surface area contributed by atoms with Crippen LogP contribution < -0.4 is 11.1 Å². The first-order valence-corrected chi connectivity index (χ1v) is 13.6. The Labute approximate surface area is 224 Å². The SMILES string of the molecule is CN(C)C1(c2ccccc2)CCC2(CC1)CN(CC(=O)Nc1ccc(C(N)=O)cn1)C(=O)N2CC1CCC1. The molecule has 38 heavy (non-hydrogen) atoms. The summed E-state index contributed by atoms with van der Waals surface area (Å²) in [4.78, 5) is 48.2. The lowest BCUT2D eigenvalue weighted by molar-refractivity contribution is -0.116. The lowest BCUT2D eigenvalue weighted by Gasteiger charge is -2.51. The maximum Gasteiger partial charge on any atom is 0.321 e. The Morgan fingerprint density at radius 3 is 2.34 bits per heavy atom. The van der Waals surface area contributed by atoms with Gasteiger partial charge in [0.15, 0.2) is 0 Å². The fourth-order valence-corrected chi connectivity index (χ4v) is 6.48. The minimum Gasteiger partial charge on any atom is -0.366 e. The van der Waals surface area contributed by atoms with E-state index in [1.807, 2.05) is 0 Å². The van der Waals surface area contributed by atoms with Crippen LogP contribution in [-0.4, -0.2) is 76.8 Å². The number of urea groups is 1. The van der Waals surface area contributed by atoms with Crippen molar-refractivity contribution >= 4 is 23.7 Å². The van der Waals surface area contributed by atoms with Crippen molar-refractivity contribution in [3.8, 4) is 0 Å². The first-order valence-electron chi connectivity index (χ1n) is 13.6. The molecule has 2 heterocycles. The monoisotopic (exact) mass is 518 g/mol. The van der Waals surface area contributed by atoms with Crippen molar-refractivity contribution in [2.45, 2.75) is 56.0 Å². The lowest BCUT2D eigenvalue weighted by atomic mass is 9.68. The number of benzene rings is 1. The molecule has 2 aliphatic carbocycles. The van der Waals surface area contributed by atoms with E-state index < -0.39 is 5.91 Å². The molecule has 0 bridgehead atoms. The van der Waals surface area contributed by atoms with Crippen LogP contribution in [-0.2, 0) is 10.3 Å². The Kier molecular flexibility index (Phi) is 7.13. The summed E-state index contributed by atoms with van der Waals surface area (Å²) in [5, 5.41) is 2.75. The molecule has 9 nitrogen and oxygen atoms in total. The zero-order chi connectivity index (χ0) is 26.9. The van der Waals surface area contributed by atoms with Gasteiger partial charge < -0.3 is 20.9 Å². The number of carbonyl (C=O) groups excluding carboxylic acids is 3. The van der Waals surface area contributed by atoms with Gasteiger partial charge in [-0.1, -0.05) is 36.8 Å². The Hall–Kier alpha value is -3.46. The Balaban J connectivity index is 1.32. The van der Waals surface area contributed by atoms with Crippen LogP contribution in [0.5, 0.6) is 0 Å². The Bertz CT molecular complexity index is 1170. The minimum atomic E-state index is -0.576. The van der Waals surface area contributed by atoms with E-state index in [9.17, 15) is 14.4 Å². The summed E-state index contributed by atoms with van der Waals surface area (Å²) in [6.45, 7) is 1.30. The van der Waals surface area contributed by atoms with Gasteiger partial charge in [0, 0.05) is 24.8 Å². The Morgan fingerprint density at radius 1 is 1.08 bits per heavy atom. The summed E-state index contributed by atoms with van der Waals surface area (Å²) in [6, 6.07) is 13.7. The van der Waals surface area contributed by atoms with E-state index >= 15 is 0 Å². The molecule has 3 fully saturated rings. The second-order valence-electron chi connectivity index (χ2n) is 11.4. The predicted octanol–water partition coefficient (Wildman–Crippen LogP) is 3.43. The standard InChI is InChI=1S/C29H38N6O3/c1-33(2)29(23-9-4-3-5-10-23)15-13-28(14-16-29)20-34(27(38)35(28)18-21-7-6-8-21)19-25(36)32-24-12-11-22(17-31-24)26(30)37/h3-5,9-12,17,21H,6-8,13-16,18-20H2,1-2H3,(H2,30,37)(H,31,32,36). The number of pyridine rings is 1. The highest BCUT2D eigenvalue weighted by atomic mass is 16.2. The molecule has 202 valence electrons. The summed E-state index contributed by atoms with van der Waals surface area (Å²) >= 11 is 0. The van der Waals surface area contributed by atoms with Gasteiger partial charge in [-0.3, -0.25) is 14.5 Å². The lowest BCUT2D eigenvalue weighted by Crippen LogP contribution is -2.56. The van der Waals surface area contributed by atoms with Crippen molar-refractivity contribution in [3.05, 3.63) is 59.8 Å². The molecule has 5 rings (SSSR count). The maximum absolute atomic E-state index is 13.7. The van der Waals surface area contributed by atoms with E-state index in [0.29, 0.717) is 18.3 Å². The second kappa shape index (κ2) is 10.4. The fraction of sp³-hybridized carbons (Fsp3) is 0.517. The van der Waals surface area contributed by atoms with E-state index in [1.54, 1.807) is 11.0 Å². The van der Waals surface area contributed by atoms with Gasteiger partial charge >= 0.3 is 6.03 Å². The summed E-state index contributed by atoms with van der Waals surface area (Å²) < 4.78 is 0. The zero-order valence-corrected chi connectivity index (χ0v) is 22.4. The normalized spacial score (nSPS) is 25.6. The van der Waals surface area contributed by atoms with Gasteiger partial charge in [0.2, 0.25) is 11.8 Å². The summed E-state index contributed by atoms with van der Waals surface area (Å²) in [6.07, 6.45) is 8.59. The molecule has 1 aliphatic heterocycles. The first kappa shape index (κ1) is 26.2. The zero-order valence-electron chi connectivity index (χ0n) is 22.4. The van der Waals surface area contributed by atoms with Crippen molar-refractivity contribution in [3.63, 3.8) is 0 Å². The molecule has 0 atom stereocenters. The van der Waals surface area contributed by atoms with Crippen LogP contribution in [0, 0.1) is 5.92 Å². The molecule has 0 radical (unpaired) electrons. The number of nitrogens with two attached hydrogens (primary N) is 1. The van der Waals surface area contributed by atoms with Crippen LogP contribution in [0.25, 0.3) is 0 Å². The summed E-state index contributed by atoms with van der Waals surface area (Å²) in [5.74, 6) is -0.00909. The number of nitrogens with one attached hydrogen (secondary N) is 1. The average Bonchev–Trinajstić information content (AvgIpc) is 3.12. The van der Waals surface area contributed by atoms with E-state index in [0.717, 1.165) is 32.2 Å². The van der Waals surface area contributed by atoms with Crippen molar-refractivity contribution in [1.82, 2.24) is 19.7 Å². The van der Waals surface area contributed by atoms with Crippen molar-refractivity contribution in [2.75, 3.05) is 39.0 Å². The Morgan fingerprint density at radius 2 is 1.79 bits per heavy atom. The third kappa shape index (κ3) is 4.87. The third-order valence-corrected chi connectivity index (χ3v) is 9.05. The summed E-state index contributed by atoms with van der Waals surface area (Å²) in [7, 11) is 4.30. The van der Waals surface area contributed by atoms with Gasteiger partial charge in [-0.05, 0) is 76.2 Å². The van der Waals surface area contributed by atoms with Gasteiger partial charge in [0.1, 0.15) is 12.4 Å². The molecule has 2 saturated carbocycles. The van der Waals surface area contributed by atoms with Crippen molar-refractivity contribution < 1.29 is 14.4 Å². The highest BCUT2D eigenvalue weighted by Crippen LogP contribution is 2.49. The van der Waals surface area contributed by atoms with Gasteiger partial charge in [-0.15, -0.1) is 0 Å². The van der Waals surface area contributed by atoms with Crippen molar-refractivity contribution in [1.29, 1.82) is 0 Å². The van der Waals surface area contributed by atoms with Crippen LogP contribution in [0.15, 0.2) is 48.7 Å². The van der Waals surface area contributed by atoms with Gasteiger partial charge in [0.25, 0.3) is 0 Å². The largest absolute Gasteiger partial charge is 0.366 e. The number of nitrogens with zero attached hydrogens (tertiary/aromatic N) is 4. The number of carbonyl (C=O) groups is 3. The van der Waals surface area contributed by atoms with E-state index in [2.05, 4.69) is 64.5 Å². The van der Waals surface area contributed by atoms with Crippen LogP contribution >= 0.6 is 0 Å². The van der Waals surface area contributed by atoms with E-state index in [-0.39, 0.29) is 35.1 Å². The van der Waals surface area contributed by atoms with Crippen LogP contribution in [0.2, 0.25) is 0 Å². The molecule has 3 N–H and O–H groups in total. The van der Waals surface area contributed by atoms with Crippen molar-refractivity contribution in [2.24, 2.45) is 11.7 Å². The average molecular weight is 519 g/mol. The molecule has 1 saturated heterocycles. The van der Waals surface area contributed by atoms with Gasteiger partial charge in [0.05, 0.1) is 11.1 Å². The number of primary amides is 1. The highest BCUT2D eigenvalue weighted by Gasteiger charge is 2.55.